The van der Waals surface area contributed by atoms with Gasteiger partial charge in [0.2, 0.25) is 0 Å². The highest BCUT2D eigenvalue weighted by atomic mass is 14.9. The molecule has 0 saturated heterocycles. The average molecular weight is 197 g/mol. The molecule has 0 heterocycles. The van der Waals surface area contributed by atoms with E-state index >= 15 is 0 Å². The summed E-state index contributed by atoms with van der Waals surface area (Å²) in [5.41, 5.74) is 0. The Kier molecular flexibility index (Phi) is 9.06. The molecule has 0 saturated carbocycles. The van der Waals surface area contributed by atoms with E-state index in [4.69, 9.17) is 0 Å². The van der Waals surface area contributed by atoms with Crippen LogP contribution in [0, 0.1) is 5.92 Å². The number of unbranched alkanes of at least 4 members (excludes halogenated alkanes) is 2. The molecule has 0 aliphatic rings. The smallest absolute Gasteiger partial charge is 0.00900 e. The van der Waals surface area contributed by atoms with E-state index in [9.17, 15) is 0 Å². The quantitative estimate of drug-likeness (QED) is 0.438. The third kappa shape index (κ3) is 7.14. The molecule has 0 radical (unpaired) electrons. The van der Waals surface area contributed by atoms with Gasteiger partial charge in [-0.2, -0.15) is 0 Å². The van der Waals surface area contributed by atoms with Crippen molar-refractivity contribution >= 4 is 0 Å². The van der Waals surface area contributed by atoms with Crippen LogP contribution in [0.1, 0.15) is 52.9 Å². The summed E-state index contributed by atoms with van der Waals surface area (Å²) in [6.07, 6.45) is 8.34. The third-order valence-electron chi connectivity index (χ3n) is 2.63. The lowest BCUT2D eigenvalue weighted by atomic mass is 9.97. The summed E-state index contributed by atoms with van der Waals surface area (Å²) < 4.78 is 0. The summed E-state index contributed by atoms with van der Waals surface area (Å²) in [4.78, 5) is 0. The third-order valence-corrected chi connectivity index (χ3v) is 2.63. The molecule has 14 heavy (non-hydrogen) atoms. The first-order valence-corrected chi connectivity index (χ1v) is 6.06. The van der Waals surface area contributed by atoms with Gasteiger partial charge in [0.1, 0.15) is 0 Å². The van der Waals surface area contributed by atoms with Gasteiger partial charge >= 0.3 is 0 Å². The highest BCUT2D eigenvalue weighted by Gasteiger charge is 2.10. The summed E-state index contributed by atoms with van der Waals surface area (Å²) in [6, 6.07) is 0.708. The van der Waals surface area contributed by atoms with Gasteiger partial charge in [-0.1, -0.05) is 33.3 Å². The Morgan fingerprint density at radius 1 is 1.29 bits per heavy atom. The SMILES string of the molecule is C=CCCCCC(NCCC)C(C)C. The second-order valence-electron chi connectivity index (χ2n) is 4.38. The number of rotatable bonds is 9. The van der Waals surface area contributed by atoms with E-state index in [1.54, 1.807) is 0 Å². The van der Waals surface area contributed by atoms with Crippen molar-refractivity contribution in [1.82, 2.24) is 5.32 Å². The summed E-state index contributed by atoms with van der Waals surface area (Å²) in [5.74, 6) is 0.755. The van der Waals surface area contributed by atoms with Crippen LogP contribution in [0.4, 0.5) is 0 Å². The standard InChI is InChI=1S/C13H27N/c1-5-7-8-9-10-13(12(3)4)14-11-6-2/h5,12-14H,1,6-11H2,2-4H3. The van der Waals surface area contributed by atoms with E-state index < -0.39 is 0 Å². The lowest BCUT2D eigenvalue weighted by molar-refractivity contribution is 0.367. The fraction of sp³-hybridized carbons (Fsp3) is 0.846. The Morgan fingerprint density at radius 2 is 2.00 bits per heavy atom. The van der Waals surface area contributed by atoms with Gasteiger partial charge in [-0.25, -0.2) is 0 Å². The minimum atomic E-state index is 0.708. The van der Waals surface area contributed by atoms with Crippen LogP contribution in [-0.2, 0) is 0 Å². The predicted octanol–water partition coefficient (Wildman–Crippen LogP) is 3.76. The van der Waals surface area contributed by atoms with Crippen molar-refractivity contribution < 1.29 is 0 Å². The van der Waals surface area contributed by atoms with Crippen molar-refractivity contribution in [2.45, 2.75) is 58.9 Å². The Balaban J connectivity index is 3.56. The molecule has 0 aromatic carbocycles. The maximum Gasteiger partial charge on any atom is 0.00900 e. The molecule has 0 fully saturated rings. The minimum Gasteiger partial charge on any atom is -0.314 e. The number of hydrogen-bond donors (Lipinski definition) is 1. The molecule has 1 N–H and O–H groups in total. The van der Waals surface area contributed by atoms with Gasteiger partial charge in [0, 0.05) is 6.04 Å². The normalized spacial score (nSPS) is 13.1. The van der Waals surface area contributed by atoms with Gasteiger partial charge in [0.15, 0.2) is 0 Å². The van der Waals surface area contributed by atoms with E-state index in [0.29, 0.717) is 6.04 Å². The molecule has 1 unspecified atom stereocenters. The predicted molar refractivity (Wildman–Crippen MR) is 65.6 cm³/mol. The maximum atomic E-state index is 3.75. The van der Waals surface area contributed by atoms with E-state index in [1.165, 1.54) is 32.1 Å². The van der Waals surface area contributed by atoms with Crippen LogP contribution in [0.15, 0.2) is 12.7 Å². The van der Waals surface area contributed by atoms with Crippen LogP contribution in [0.5, 0.6) is 0 Å². The molecular formula is C13H27N. The fourth-order valence-corrected chi connectivity index (χ4v) is 1.65. The van der Waals surface area contributed by atoms with Crippen LogP contribution in [0.2, 0.25) is 0 Å². The molecule has 0 spiro atoms. The highest BCUT2D eigenvalue weighted by Crippen LogP contribution is 2.11. The van der Waals surface area contributed by atoms with E-state index in [-0.39, 0.29) is 0 Å². The Hall–Kier alpha value is -0.300. The highest BCUT2D eigenvalue weighted by molar-refractivity contribution is 4.72. The molecule has 1 heteroatoms. The monoisotopic (exact) mass is 197 g/mol. The second-order valence-corrected chi connectivity index (χ2v) is 4.38. The minimum absolute atomic E-state index is 0.708. The summed E-state index contributed by atoms with van der Waals surface area (Å²) in [7, 11) is 0. The number of nitrogens with one attached hydrogen (secondary N) is 1. The summed E-state index contributed by atoms with van der Waals surface area (Å²) in [5, 5.41) is 3.62. The first kappa shape index (κ1) is 13.7. The van der Waals surface area contributed by atoms with Crippen LogP contribution < -0.4 is 5.32 Å². The van der Waals surface area contributed by atoms with Crippen LogP contribution in [0.25, 0.3) is 0 Å². The zero-order valence-corrected chi connectivity index (χ0v) is 10.2. The van der Waals surface area contributed by atoms with Crippen molar-refractivity contribution in [3.8, 4) is 0 Å². The Morgan fingerprint density at radius 3 is 2.50 bits per heavy atom. The fourth-order valence-electron chi connectivity index (χ4n) is 1.65. The second kappa shape index (κ2) is 9.26. The van der Waals surface area contributed by atoms with Crippen LogP contribution in [-0.4, -0.2) is 12.6 Å². The van der Waals surface area contributed by atoms with Gasteiger partial charge in [-0.15, -0.1) is 6.58 Å². The first-order chi connectivity index (χ1) is 6.72. The van der Waals surface area contributed by atoms with Crippen molar-refractivity contribution in [3.05, 3.63) is 12.7 Å². The molecule has 0 aliphatic heterocycles. The molecular weight excluding hydrogens is 170 g/mol. The largest absolute Gasteiger partial charge is 0.314 e. The van der Waals surface area contributed by atoms with Crippen molar-refractivity contribution in [1.29, 1.82) is 0 Å². The van der Waals surface area contributed by atoms with Crippen molar-refractivity contribution in [2.24, 2.45) is 5.92 Å². The maximum absolute atomic E-state index is 3.75. The van der Waals surface area contributed by atoms with Gasteiger partial charge < -0.3 is 5.32 Å². The summed E-state index contributed by atoms with van der Waals surface area (Å²) >= 11 is 0. The Bertz CT molecular complexity index is 129. The average Bonchev–Trinajstić information content (AvgIpc) is 2.16. The molecule has 0 aromatic heterocycles. The van der Waals surface area contributed by atoms with Gasteiger partial charge in [0.05, 0.1) is 0 Å². The molecule has 84 valence electrons. The molecule has 0 aliphatic carbocycles. The van der Waals surface area contributed by atoms with E-state index in [0.717, 1.165) is 12.5 Å². The lowest BCUT2D eigenvalue weighted by Gasteiger charge is -2.22. The molecule has 1 nitrogen and oxygen atoms in total. The Labute approximate surface area is 90.0 Å². The van der Waals surface area contributed by atoms with E-state index in [1.807, 2.05) is 6.08 Å². The van der Waals surface area contributed by atoms with Gasteiger partial charge in [-0.3, -0.25) is 0 Å². The zero-order valence-electron chi connectivity index (χ0n) is 10.2. The van der Waals surface area contributed by atoms with Crippen molar-refractivity contribution in [3.63, 3.8) is 0 Å². The summed E-state index contributed by atoms with van der Waals surface area (Å²) in [6.45, 7) is 11.7. The number of allylic oxidation sites excluding steroid dienone is 1. The van der Waals surface area contributed by atoms with Gasteiger partial charge in [-0.05, 0) is 38.1 Å². The van der Waals surface area contributed by atoms with Crippen LogP contribution >= 0.6 is 0 Å². The zero-order chi connectivity index (χ0) is 10.8. The van der Waals surface area contributed by atoms with Gasteiger partial charge in [0.25, 0.3) is 0 Å². The molecule has 0 rings (SSSR count). The molecule has 0 amide bonds. The lowest BCUT2D eigenvalue weighted by Crippen LogP contribution is -2.34. The van der Waals surface area contributed by atoms with Crippen LogP contribution in [0.3, 0.4) is 0 Å². The number of hydrogen-bond acceptors (Lipinski definition) is 1. The molecule has 1 atom stereocenters. The molecule has 0 bridgehead atoms. The first-order valence-electron chi connectivity index (χ1n) is 6.06. The molecule has 0 aromatic rings. The van der Waals surface area contributed by atoms with Crippen molar-refractivity contribution in [2.75, 3.05) is 6.54 Å². The van der Waals surface area contributed by atoms with E-state index in [2.05, 4.69) is 32.7 Å². The topological polar surface area (TPSA) is 12.0 Å².